The number of ether oxygens (including phenoxy) is 1. The Morgan fingerprint density at radius 2 is 2.32 bits per heavy atom. The number of amides is 2. The minimum atomic E-state index is -1.09. The van der Waals surface area contributed by atoms with Crippen molar-refractivity contribution in [2.75, 3.05) is 24.6 Å². The van der Waals surface area contributed by atoms with E-state index in [9.17, 15) is 9.59 Å². The number of anilines is 1. The Morgan fingerprint density at radius 3 is 3.00 bits per heavy atom. The Hall–Kier alpha value is -2.68. The molecular weight excluding hydrogens is 248 g/mol. The molecule has 0 fully saturated rings. The largest absolute Gasteiger partial charge is 0.489 e. The summed E-state index contributed by atoms with van der Waals surface area (Å²) < 4.78 is 5.36. The first-order valence-corrected chi connectivity index (χ1v) is 5.63. The van der Waals surface area contributed by atoms with Crippen LogP contribution in [0.5, 0.6) is 5.75 Å². The summed E-state index contributed by atoms with van der Waals surface area (Å²) in [7, 11) is 0. The van der Waals surface area contributed by atoms with E-state index in [-0.39, 0.29) is 30.5 Å². The van der Waals surface area contributed by atoms with Crippen molar-refractivity contribution in [1.82, 2.24) is 5.32 Å². The summed E-state index contributed by atoms with van der Waals surface area (Å²) in [6, 6.07) is 4.27. The number of aromatic carboxylic acids is 1. The van der Waals surface area contributed by atoms with Crippen molar-refractivity contribution in [1.29, 1.82) is 0 Å². The molecule has 98 valence electrons. The van der Waals surface area contributed by atoms with Crippen LogP contribution in [-0.4, -0.2) is 36.8 Å². The van der Waals surface area contributed by atoms with Gasteiger partial charge in [0.1, 0.15) is 12.2 Å². The third-order valence-corrected chi connectivity index (χ3v) is 2.66. The molecule has 6 heteroatoms. The molecule has 1 heterocycles. The van der Waals surface area contributed by atoms with E-state index in [1.165, 1.54) is 11.0 Å². The van der Waals surface area contributed by atoms with Crippen molar-refractivity contribution in [2.45, 2.75) is 0 Å². The third kappa shape index (κ3) is 2.45. The van der Waals surface area contributed by atoms with Crippen molar-refractivity contribution < 1.29 is 19.4 Å². The minimum Gasteiger partial charge on any atom is -0.489 e. The van der Waals surface area contributed by atoms with Crippen molar-refractivity contribution >= 4 is 17.7 Å². The molecule has 1 aromatic carbocycles. The quantitative estimate of drug-likeness (QED) is 0.775. The van der Waals surface area contributed by atoms with E-state index in [0.717, 1.165) is 0 Å². The second-order valence-electron chi connectivity index (χ2n) is 3.82. The highest BCUT2D eigenvalue weighted by Gasteiger charge is 2.27. The third-order valence-electron chi connectivity index (χ3n) is 2.66. The summed E-state index contributed by atoms with van der Waals surface area (Å²) in [5, 5.41) is 11.6. The molecule has 2 amide bonds. The summed E-state index contributed by atoms with van der Waals surface area (Å²) in [6.07, 6.45) is 5.08. The van der Waals surface area contributed by atoms with Gasteiger partial charge in [-0.3, -0.25) is 4.90 Å². The van der Waals surface area contributed by atoms with Crippen LogP contribution in [-0.2, 0) is 0 Å². The molecule has 2 rings (SSSR count). The van der Waals surface area contributed by atoms with Crippen LogP contribution in [0.25, 0.3) is 0 Å². The van der Waals surface area contributed by atoms with Gasteiger partial charge in [-0.25, -0.2) is 9.59 Å². The van der Waals surface area contributed by atoms with Gasteiger partial charge in [-0.1, -0.05) is 12.0 Å². The lowest BCUT2D eigenvalue weighted by Gasteiger charge is -2.30. The number of terminal acetylenes is 1. The molecule has 1 aliphatic heterocycles. The summed E-state index contributed by atoms with van der Waals surface area (Å²) in [4.78, 5) is 24.4. The maximum atomic E-state index is 11.9. The van der Waals surface area contributed by atoms with E-state index in [1.807, 2.05) is 0 Å². The molecule has 0 radical (unpaired) electrons. The molecule has 0 bridgehead atoms. The maximum Gasteiger partial charge on any atom is 0.339 e. The lowest BCUT2D eigenvalue weighted by Crippen LogP contribution is -2.44. The number of hydrogen-bond acceptors (Lipinski definition) is 3. The van der Waals surface area contributed by atoms with Gasteiger partial charge in [-0.15, -0.1) is 6.42 Å². The van der Waals surface area contributed by atoms with Crippen LogP contribution in [0.4, 0.5) is 10.5 Å². The SMILES string of the molecule is C#CCNC(=O)N1CCOc2c(C(=O)O)cccc21. The highest BCUT2D eigenvalue weighted by molar-refractivity contribution is 5.99. The molecule has 19 heavy (non-hydrogen) atoms. The zero-order chi connectivity index (χ0) is 13.8. The summed E-state index contributed by atoms with van der Waals surface area (Å²) in [5.41, 5.74) is 0.465. The van der Waals surface area contributed by atoms with Crippen molar-refractivity contribution in [2.24, 2.45) is 0 Å². The molecule has 0 saturated carbocycles. The Kier molecular flexibility index (Phi) is 3.57. The average Bonchev–Trinajstić information content (AvgIpc) is 2.43. The molecule has 2 N–H and O–H groups in total. The van der Waals surface area contributed by atoms with Gasteiger partial charge in [0.2, 0.25) is 0 Å². The Morgan fingerprint density at radius 1 is 1.53 bits per heavy atom. The van der Waals surface area contributed by atoms with E-state index in [2.05, 4.69) is 11.2 Å². The summed E-state index contributed by atoms with van der Waals surface area (Å²) in [5.74, 6) is 1.42. The number of rotatable bonds is 2. The Labute approximate surface area is 110 Å². The lowest BCUT2D eigenvalue weighted by molar-refractivity contribution is 0.0692. The number of carbonyl (C=O) groups is 2. The Bertz CT molecular complexity index is 562. The highest BCUT2D eigenvalue weighted by atomic mass is 16.5. The predicted octanol–water partition coefficient (Wildman–Crippen LogP) is 0.926. The molecule has 0 aliphatic carbocycles. The van der Waals surface area contributed by atoms with Gasteiger partial charge < -0.3 is 15.2 Å². The number of carbonyl (C=O) groups excluding carboxylic acids is 1. The van der Waals surface area contributed by atoms with Crippen LogP contribution in [0.1, 0.15) is 10.4 Å². The molecule has 0 aromatic heterocycles. The van der Waals surface area contributed by atoms with Gasteiger partial charge in [-0.05, 0) is 12.1 Å². The topological polar surface area (TPSA) is 78.9 Å². The van der Waals surface area contributed by atoms with Crippen LogP contribution in [0.3, 0.4) is 0 Å². The van der Waals surface area contributed by atoms with Gasteiger partial charge in [0, 0.05) is 0 Å². The fraction of sp³-hybridized carbons (Fsp3) is 0.231. The number of hydrogen-bond donors (Lipinski definition) is 2. The van der Waals surface area contributed by atoms with Gasteiger partial charge in [-0.2, -0.15) is 0 Å². The predicted molar refractivity (Wildman–Crippen MR) is 68.5 cm³/mol. The number of urea groups is 1. The van der Waals surface area contributed by atoms with Crippen molar-refractivity contribution in [3.63, 3.8) is 0 Å². The number of carboxylic acid groups (broad SMARTS) is 1. The van der Waals surface area contributed by atoms with E-state index in [0.29, 0.717) is 12.2 Å². The molecule has 0 atom stereocenters. The summed E-state index contributed by atoms with van der Waals surface area (Å²) >= 11 is 0. The number of nitrogens with one attached hydrogen (secondary N) is 1. The van der Waals surface area contributed by atoms with Gasteiger partial charge >= 0.3 is 12.0 Å². The van der Waals surface area contributed by atoms with Crippen molar-refractivity contribution in [3.05, 3.63) is 23.8 Å². The average molecular weight is 260 g/mol. The Balaban J connectivity index is 2.35. The molecule has 1 aromatic rings. The number of fused-ring (bicyclic) bond motifs is 1. The first-order chi connectivity index (χ1) is 9.15. The number of carboxylic acids is 1. The fourth-order valence-corrected chi connectivity index (χ4v) is 1.85. The normalized spacial score (nSPS) is 12.9. The highest BCUT2D eigenvalue weighted by Crippen LogP contribution is 2.34. The maximum absolute atomic E-state index is 11.9. The van der Waals surface area contributed by atoms with Crippen LogP contribution >= 0.6 is 0 Å². The molecule has 1 aliphatic rings. The molecular formula is C13H12N2O4. The molecule has 6 nitrogen and oxygen atoms in total. The van der Waals surface area contributed by atoms with Crippen LogP contribution in [0, 0.1) is 12.3 Å². The molecule has 0 spiro atoms. The first kappa shape index (κ1) is 12.8. The van der Waals surface area contributed by atoms with Crippen molar-refractivity contribution in [3.8, 4) is 18.1 Å². The summed E-state index contributed by atoms with van der Waals surface area (Å²) in [6.45, 7) is 0.692. The lowest BCUT2D eigenvalue weighted by atomic mass is 10.1. The van der Waals surface area contributed by atoms with Gasteiger partial charge in [0.25, 0.3) is 0 Å². The number of benzene rings is 1. The standard InChI is InChI=1S/C13H12N2O4/c1-2-6-14-13(18)15-7-8-19-11-9(12(16)17)4-3-5-10(11)15/h1,3-5H,6-8H2,(H,14,18)(H,16,17). The molecule has 0 unspecified atom stereocenters. The van der Waals surface area contributed by atoms with Crippen LogP contribution in [0.2, 0.25) is 0 Å². The second-order valence-corrected chi connectivity index (χ2v) is 3.82. The van der Waals surface area contributed by atoms with E-state index >= 15 is 0 Å². The van der Waals surface area contributed by atoms with E-state index in [1.54, 1.807) is 12.1 Å². The zero-order valence-corrected chi connectivity index (χ0v) is 10.0. The monoisotopic (exact) mass is 260 g/mol. The number of nitrogens with zero attached hydrogens (tertiary/aromatic N) is 1. The second kappa shape index (κ2) is 5.31. The first-order valence-electron chi connectivity index (χ1n) is 5.63. The van der Waals surface area contributed by atoms with Gasteiger partial charge in [0.15, 0.2) is 5.75 Å². The van der Waals surface area contributed by atoms with E-state index < -0.39 is 5.97 Å². The fourth-order valence-electron chi connectivity index (χ4n) is 1.85. The number of para-hydroxylation sites is 1. The van der Waals surface area contributed by atoms with Gasteiger partial charge in [0.05, 0.1) is 18.8 Å². The van der Waals surface area contributed by atoms with E-state index in [4.69, 9.17) is 16.3 Å². The minimum absolute atomic E-state index is 0.0342. The molecule has 0 saturated heterocycles. The smallest absolute Gasteiger partial charge is 0.339 e. The zero-order valence-electron chi connectivity index (χ0n) is 10.0. The van der Waals surface area contributed by atoms with Crippen LogP contribution < -0.4 is 15.0 Å². The van der Waals surface area contributed by atoms with Crippen LogP contribution in [0.15, 0.2) is 18.2 Å².